The number of carbonyl (C=O) groups is 2. The Morgan fingerprint density at radius 3 is 2.64 bits per heavy atom. The van der Waals surface area contributed by atoms with Gasteiger partial charge in [0.2, 0.25) is 5.91 Å². The standard InChI is InChI=1S/C17H11FINO2/c18-12-6-7-14-11(8-16(22)20-14)17(12)13(19)9-15(21)10-4-2-1-3-5-10/h1-7,9H,8H2,(H,20,22)/b13-9-. The van der Waals surface area contributed by atoms with Gasteiger partial charge in [-0.3, -0.25) is 9.59 Å². The fourth-order valence-electron chi connectivity index (χ4n) is 2.41. The van der Waals surface area contributed by atoms with Crippen LogP contribution in [-0.2, 0) is 11.2 Å². The first-order chi connectivity index (χ1) is 10.6. The number of fused-ring (bicyclic) bond motifs is 1. The van der Waals surface area contributed by atoms with Crippen LogP contribution in [-0.4, -0.2) is 11.7 Å². The lowest BCUT2D eigenvalue weighted by atomic mass is 10.0. The van der Waals surface area contributed by atoms with E-state index in [2.05, 4.69) is 5.32 Å². The van der Waals surface area contributed by atoms with Crippen molar-refractivity contribution in [1.29, 1.82) is 0 Å². The van der Waals surface area contributed by atoms with Crippen LogP contribution in [0.25, 0.3) is 3.58 Å². The highest BCUT2D eigenvalue weighted by molar-refractivity contribution is 14.1. The minimum Gasteiger partial charge on any atom is -0.326 e. The van der Waals surface area contributed by atoms with Gasteiger partial charge in [-0.15, -0.1) is 0 Å². The number of carbonyl (C=O) groups excluding carboxylic acids is 2. The van der Waals surface area contributed by atoms with E-state index in [9.17, 15) is 14.0 Å². The van der Waals surface area contributed by atoms with E-state index in [1.54, 1.807) is 30.3 Å². The average molecular weight is 407 g/mol. The normalized spacial score (nSPS) is 13.7. The molecular formula is C17H11FINO2. The SMILES string of the molecule is O=C1Cc2c(ccc(F)c2/C(I)=C/C(=O)c2ccccc2)N1. The molecule has 0 saturated carbocycles. The number of nitrogens with one attached hydrogen (secondary N) is 1. The van der Waals surface area contributed by atoms with Gasteiger partial charge in [0.15, 0.2) is 5.78 Å². The van der Waals surface area contributed by atoms with Crippen LogP contribution in [0.4, 0.5) is 10.1 Å². The highest BCUT2D eigenvalue weighted by Gasteiger charge is 2.24. The Hall–Kier alpha value is -2.02. The van der Waals surface area contributed by atoms with Crippen LogP contribution in [0.2, 0.25) is 0 Å². The Morgan fingerprint density at radius 2 is 1.91 bits per heavy atom. The molecule has 0 saturated heterocycles. The summed E-state index contributed by atoms with van der Waals surface area (Å²) in [6, 6.07) is 11.6. The third-order valence-electron chi connectivity index (χ3n) is 3.43. The molecule has 3 rings (SSSR count). The molecule has 110 valence electrons. The van der Waals surface area contributed by atoms with Crippen LogP contribution in [0, 0.1) is 5.82 Å². The molecule has 1 N–H and O–H groups in total. The number of allylic oxidation sites excluding steroid dienone is 1. The Morgan fingerprint density at radius 1 is 1.18 bits per heavy atom. The molecule has 0 aliphatic carbocycles. The molecule has 1 aliphatic heterocycles. The van der Waals surface area contributed by atoms with E-state index < -0.39 is 5.82 Å². The summed E-state index contributed by atoms with van der Waals surface area (Å²) in [6.45, 7) is 0. The molecule has 0 radical (unpaired) electrons. The first kappa shape index (κ1) is 14.9. The molecule has 22 heavy (non-hydrogen) atoms. The third-order valence-corrected chi connectivity index (χ3v) is 4.28. The van der Waals surface area contributed by atoms with Gasteiger partial charge < -0.3 is 5.32 Å². The number of anilines is 1. The van der Waals surface area contributed by atoms with Gasteiger partial charge in [0, 0.05) is 26.5 Å². The zero-order chi connectivity index (χ0) is 15.7. The summed E-state index contributed by atoms with van der Waals surface area (Å²) in [4.78, 5) is 23.7. The van der Waals surface area contributed by atoms with Gasteiger partial charge >= 0.3 is 0 Å². The number of hydrogen-bond donors (Lipinski definition) is 1. The van der Waals surface area contributed by atoms with Crippen LogP contribution in [0.1, 0.15) is 21.5 Å². The molecule has 1 aliphatic rings. The number of amides is 1. The maximum atomic E-state index is 14.2. The van der Waals surface area contributed by atoms with Crippen molar-refractivity contribution in [3.63, 3.8) is 0 Å². The summed E-state index contributed by atoms with van der Waals surface area (Å²) >= 11 is 1.94. The van der Waals surface area contributed by atoms with Gasteiger partial charge in [-0.1, -0.05) is 30.3 Å². The van der Waals surface area contributed by atoms with Crippen LogP contribution in [0.5, 0.6) is 0 Å². The van der Waals surface area contributed by atoms with Crippen molar-refractivity contribution < 1.29 is 14.0 Å². The Balaban J connectivity index is 2.01. The predicted octanol–water partition coefficient (Wildman–Crippen LogP) is 3.98. The van der Waals surface area contributed by atoms with Crippen LogP contribution in [0.3, 0.4) is 0 Å². The van der Waals surface area contributed by atoms with E-state index in [1.165, 1.54) is 12.1 Å². The van der Waals surface area contributed by atoms with Crippen molar-refractivity contribution in [3.05, 3.63) is 71.0 Å². The van der Waals surface area contributed by atoms with E-state index >= 15 is 0 Å². The van der Waals surface area contributed by atoms with Crippen LogP contribution in [0.15, 0.2) is 48.5 Å². The van der Waals surface area contributed by atoms with Crippen LogP contribution >= 0.6 is 22.6 Å². The quantitative estimate of drug-likeness (QED) is 0.476. The lowest BCUT2D eigenvalue weighted by Gasteiger charge is -2.08. The highest BCUT2D eigenvalue weighted by Crippen LogP contribution is 2.35. The minimum atomic E-state index is -0.434. The highest BCUT2D eigenvalue weighted by atomic mass is 127. The van der Waals surface area contributed by atoms with E-state index in [1.807, 2.05) is 28.7 Å². The molecule has 3 nitrogen and oxygen atoms in total. The number of rotatable bonds is 3. The molecule has 2 aromatic carbocycles. The predicted molar refractivity (Wildman–Crippen MR) is 91.5 cm³/mol. The second kappa shape index (κ2) is 6.00. The molecule has 0 unspecified atom stereocenters. The number of benzene rings is 2. The zero-order valence-corrected chi connectivity index (χ0v) is 13.6. The molecule has 1 heterocycles. The molecule has 2 aromatic rings. The smallest absolute Gasteiger partial charge is 0.228 e. The fourth-order valence-corrected chi connectivity index (χ4v) is 3.27. The summed E-state index contributed by atoms with van der Waals surface area (Å²) in [7, 11) is 0. The molecule has 5 heteroatoms. The first-order valence-corrected chi connectivity index (χ1v) is 7.72. The van der Waals surface area contributed by atoms with Crippen molar-refractivity contribution >= 4 is 43.5 Å². The van der Waals surface area contributed by atoms with E-state index in [4.69, 9.17) is 0 Å². The Kier molecular flexibility index (Phi) is 4.06. The summed E-state index contributed by atoms with van der Waals surface area (Å²) in [6.07, 6.45) is 1.53. The third kappa shape index (κ3) is 2.81. The number of ketones is 1. The van der Waals surface area contributed by atoms with Crippen molar-refractivity contribution in [3.8, 4) is 0 Å². The second-order valence-electron chi connectivity index (χ2n) is 4.90. The lowest BCUT2D eigenvalue weighted by Crippen LogP contribution is -2.03. The van der Waals surface area contributed by atoms with Gasteiger partial charge in [0.05, 0.1) is 6.42 Å². The van der Waals surface area contributed by atoms with Crippen LogP contribution < -0.4 is 5.32 Å². The topological polar surface area (TPSA) is 46.2 Å². The van der Waals surface area contributed by atoms with Gasteiger partial charge in [-0.05, 0) is 40.3 Å². The van der Waals surface area contributed by atoms with Gasteiger partial charge in [-0.2, -0.15) is 0 Å². The average Bonchev–Trinajstić information content (AvgIpc) is 2.88. The molecule has 0 aromatic heterocycles. The first-order valence-electron chi connectivity index (χ1n) is 6.64. The second-order valence-corrected chi connectivity index (χ2v) is 6.06. The van der Waals surface area contributed by atoms with E-state index in [0.717, 1.165) is 0 Å². The number of hydrogen-bond acceptors (Lipinski definition) is 2. The Labute approximate surface area is 140 Å². The molecule has 0 spiro atoms. The zero-order valence-electron chi connectivity index (χ0n) is 11.4. The summed E-state index contributed by atoms with van der Waals surface area (Å²) in [5, 5.41) is 2.68. The van der Waals surface area contributed by atoms with Crippen molar-refractivity contribution in [2.45, 2.75) is 6.42 Å². The van der Waals surface area contributed by atoms with E-state index in [-0.39, 0.29) is 18.1 Å². The van der Waals surface area contributed by atoms with Gasteiger partial charge in [0.25, 0.3) is 0 Å². The van der Waals surface area contributed by atoms with Gasteiger partial charge in [0.1, 0.15) is 5.82 Å². The molecule has 1 amide bonds. The van der Waals surface area contributed by atoms with Crippen molar-refractivity contribution in [2.24, 2.45) is 0 Å². The maximum absolute atomic E-state index is 14.2. The summed E-state index contributed by atoms with van der Waals surface area (Å²) < 4.78 is 14.7. The lowest BCUT2D eigenvalue weighted by molar-refractivity contribution is -0.115. The molecule has 0 atom stereocenters. The maximum Gasteiger partial charge on any atom is 0.228 e. The summed E-state index contributed by atoms with van der Waals surface area (Å²) in [5.41, 5.74) is 2.07. The molecular weight excluding hydrogens is 396 g/mol. The van der Waals surface area contributed by atoms with Crippen molar-refractivity contribution in [1.82, 2.24) is 0 Å². The largest absolute Gasteiger partial charge is 0.326 e. The molecule has 0 bridgehead atoms. The van der Waals surface area contributed by atoms with Gasteiger partial charge in [-0.25, -0.2) is 4.39 Å². The van der Waals surface area contributed by atoms with Crippen molar-refractivity contribution in [2.75, 3.05) is 5.32 Å². The fraction of sp³-hybridized carbons (Fsp3) is 0.0588. The summed E-state index contributed by atoms with van der Waals surface area (Å²) in [5.74, 6) is -0.795. The van der Waals surface area contributed by atoms with E-state index in [0.29, 0.717) is 26.0 Å². The number of halogens is 2. The molecule has 0 fully saturated rings. The Bertz CT molecular complexity index is 800. The minimum absolute atomic E-state index is 0.127. The monoisotopic (exact) mass is 407 g/mol.